The molecule has 3 heterocycles. The Bertz CT molecular complexity index is 1040. The van der Waals surface area contributed by atoms with Gasteiger partial charge in [0.25, 0.3) is 11.5 Å². The summed E-state index contributed by atoms with van der Waals surface area (Å²) in [5.41, 5.74) is 1.25. The highest BCUT2D eigenvalue weighted by molar-refractivity contribution is 8.26. The molecule has 31 heavy (non-hydrogen) atoms. The van der Waals surface area contributed by atoms with Crippen LogP contribution in [-0.2, 0) is 11.3 Å². The van der Waals surface area contributed by atoms with Crippen LogP contribution in [-0.4, -0.2) is 38.8 Å². The molecule has 2 aliphatic rings. The van der Waals surface area contributed by atoms with Crippen molar-refractivity contribution in [3.63, 3.8) is 0 Å². The standard InChI is InChI=1S/C23H30N4O2S2/c1-7-26-20(25-11-14(4)8-15(5)12-25)17(16(6)18(10-24)21(26)28)9-19-22(29)27(13(2)3)23(30)31-19/h9,13-15H,7-8,11-12H2,1-6H3. The van der Waals surface area contributed by atoms with E-state index in [1.165, 1.54) is 11.8 Å². The van der Waals surface area contributed by atoms with Crippen LogP contribution in [0.5, 0.6) is 0 Å². The number of aromatic nitrogens is 1. The fourth-order valence-corrected chi connectivity index (χ4v) is 6.18. The first-order valence-corrected chi connectivity index (χ1v) is 12.0. The zero-order valence-corrected chi connectivity index (χ0v) is 20.7. The third-order valence-electron chi connectivity index (χ3n) is 5.95. The molecule has 0 saturated carbocycles. The number of anilines is 1. The van der Waals surface area contributed by atoms with Crippen LogP contribution in [0.25, 0.3) is 6.08 Å². The number of pyridine rings is 1. The number of carbonyl (C=O) groups excluding carboxylic acids is 1. The zero-order chi connectivity index (χ0) is 23.0. The molecular formula is C23H30N4O2S2. The maximum atomic E-state index is 13.1. The number of nitrogens with zero attached hydrogens (tertiary/aromatic N) is 4. The molecule has 2 aliphatic heterocycles. The maximum absolute atomic E-state index is 13.1. The molecule has 2 atom stereocenters. The van der Waals surface area contributed by atoms with Crippen LogP contribution in [0.2, 0.25) is 0 Å². The van der Waals surface area contributed by atoms with Crippen LogP contribution >= 0.6 is 24.0 Å². The molecular weight excluding hydrogens is 428 g/mol. The third kappa shape index (κ3) is 4.31. The largest absolute Gasteiger partial charge is 0.357 e. The summed E-state index contributed by atoms with van der Waals surface area (Å²) >= 11 is 6.72. The van der Waals surface area contributed by atoms with Crippen molar-refractivity contribution >= 4 is 46.1 Å². The summed E-state index contributed by atoms with van der Waals surface area (Å²) in [6.07, 6.45) is 2.98. The first-order chi connectivity index (χ1) is 14.6. The van der Waals surface area contributed by atoms with Gasteiger partial charge in [-0.1, -0.05) is 37.8 Å². The highest BCUT2D eigenvalue weighted by Crippen LogP contribution is 2.37. The number of thioether (sulfide) groups is 1. The van der Waals surface area contributed by atoms with Gasteiger partial charge in [-0.15, -0.1) is 0 Å². The lowest BCUT2D eigenvalue weighted by atomic mass is 9.91. The molecule has 1 aromatic rings. The van der Waals surface area contributed by atoms with Gasteiger partial charge in [-0.25, -0.2) is 0 Å². The number of thiocarbonyl (C=S) groups is 1. The van der Waals surface area contributed by atoms with Gasteiger partial charge in [0.2, 0.25) is 0 Å². The van der Waals surface area contributed by atoms with E-state index in [9.17, 15) is 14.9 Å². The highest BCUT2D eigenvalue weighted by Gasteiger charge is 2.35. The van der Waals surface area contributed by atoms with Crippen molar-refractivity contribution < 1.29 is 4.79 Å². The molecule has 6 nitrogen and oxygen atoms in total. The van der Waals surface area contributed by atoms with E-state index in [0.717, 1.165) is 30.9 Å². The van der Waals surface area contributed by atoms with Crippen LogP contribution in [0.15, 0.2) is 9.70 Å². The Morgan fingerprint density at radius 1 is 1.26 bits per heavy atom. The van der Waals surface area contributed by atoms with Gasteiger partial charge in [-0.05, 0) is 57.6 Å². The molecule has 0 aromatic carbocycles. The summed E-state index contributed by atoms with van der Waals surface area (Å²) < 4.78 is 2.22. The molecule has 2 saturated heterocycles. The Hall–Kier alpha value is -2.11. The Morgan fingerprint density at radius 2 is 1.87 bits per heavy atom. The van der Waals surface area contributed by atoms with Crippen LogP contribution in [0.4, 0.5) is 5.82 Å². The van der Waals surface area contributed by atoms with Gasteiger partial charge in [0, 0.05) is 31.2 Å². The van der Waals surface area contributed by atoms with E-state index in [1.807, 2.05) is 26.8 Å². The van der Waals surface area contributed by atoms with E-state index < -0.39 is 0 Å². The molecule has 0 bridgehead atoms. The van der Waals surface area contributed by atoms with E-state index in [2.05, 4.69) is 24.8 Å². The maximum Gasteiger partial charge on any atom is 0.270 e. The summed E-state index contributed by atoms with van der Waals surface area (Å²) in [5, 5.41) is 9.70. The fourth-order valence-electron chi connectivity index (χ4n) is 4.67. The van der Waals surface area contributed by atoms with Crippen LogP contribution in [0, 0.1) is 30.1 Å². The first-order valence-electron chi connectivity index (χ1n) is 10.8. The van der Waals surface area contributed by atoms with Crippen LogP contribution in [0.3, 0.4) is 0 Å². The summed E-state index contributed by atoms with van der Waals surface area (Å²) in [5.74, 6) is 1.67. The van der Waals surface area contributed by atoms with Gasteiger partial charge in [0.15, 0.2) is 0 Å². The summed E-state index contributed by atoms with van der Waals surface area (Å²) in [7, 11) is 0. The molecule has 2 unspecified atom stereocenters. The van der Waals surface area contributed by atoms with E-state index in [1.54, 1.807) is 16.4 Å². The molecule has 0 N–H and O–H groups in total. The van der Waals surface area contributed by atoms with E-state index in [0.29, 0.717) is 33.2 Å². The van der Waals surface area contributed by atoms with Crippen molar-refractivity contribution in [3.8, 4) is 6.07 Å². The quantitative estimate of drug-likeness (QED) is 0.499. The van der Waals surface area contributed by atoms with Crippen molar-refractivity contribution in [2.45, 2.75) is 60.5 Å². The molecule has 166 valence electrons. The van der Waals surface area contributed by atoms with Gasteiger partial charge in [-0.2, -0.15) is 5.26 Å². The number of hydrogen-bond donors (Lipinski definition) is 0. The summed E-state index contributed by atoms with van der Waals surface area (Å²) in [4.78, 5) is 30.6. The van der Waals surface area contributed by atoms with Crippen molar-refractivity contribution in [2.24, 2.45) is 11.8 Å². The molecule has 0 spiro atoms. The van der Waals surface area contributed by atoms with Crippen LogP contribution in [0.1, 0.15) is 57.7 Å². The van der Waals surface area contributed by atoms with Crippen molar-refractivity contribution in [1.82, 2.24) is 9.47 Å². The number of nitriles is 1. The fraction of sp³-hybridized carbons (Fsp3) is 0.565. The Kier molecular flexibility index (Phi) is 6.97. The normalized spacial score (nSPS) is 23.2. The summed E-state index contributed by atoms with van der Waals surface area (Å²) in [6, 6.07) is 2.06. The first kappa shape index (κ1) is 23.6. The second kappa shape index (κ2) is 9.17. The topological polar surface area (TPSA) is 69.3 Å². The van der Waals surface area contributed by atoms with E-state index in [4.69, 9.17) is 12.2 Å². The highest BCUT2D eigenvalue weighted by atomic mass is 32.2. The number of hydrogen-bond acceptors (Lipinski definition) is 6. The number of rotatable bonds is 4. The smallest absolute Gasteiger partial charge is 0.270 e. The van der Waals surface area contributed by atoms with E-state index >= 15 is 0 Å². The lowest BCUT2D eigenvalue weighted by Crippen LogP contribution is -2.42. The summed E-state index contributed by atoms with van der Waals surface area (Å²) in [6.45, 7) is 14.2. The third-order valence-corrected chi connectivity index (χ3v) is 7.28. The number of amides is 1. The van der Waals surface area contributed by atoms with Gasteiger partial charge in [0.05, 0.1) is 4.91 Å². The Morgan fingerprint density at radius 3 is 2.35 bits per heavy atom. The predicted octanol–water partition coefficient (Wildman–Crippen LogP) is 4.14. The van der Waals surface area contributed by atoms with Crippen molar-refractivity contribution in [2.75, 3.05) is 18.0 Å². The lowest BCUT2D eigenvalue weighted by Gasteiger charge is -2.38. The minimum Gasteiger partial charge on any atom is -0.357 e. The molecule has 1 aromatic heterocycles. The Balaban J connectivity index is 2.26. The molecule has 8 heteroatoms. The molecule has 3 rings (SSSR count). The predicted molar refractivity (Wildman–Crippen MR) is 131 cm³/mol. The van der Waals surface area contributed by atoms with Gasteiger partial charge < -0.3 is 4.90 Å². The average Bonchev–Trinajstić information content (AvgIpc) is 2.96. The van der Waals surface area contributed by atoms with Gasteiger partial charge >= 0.3 is 0 Å². The molecule has 2 fully saturated rings. The second-order valence-corrected chi connectivity index (χ2v) is 10.6. The monoisotopic (exact) mass is 458 g/mol. The molecule has 1 amide bonds. The Labute approximate surface area is 193 Å². The van der Waals surface area contributed by atoms with Gasteiger partial charge in [-0.3, -0.25) is 19.1 Å². The van der Waals surface area contributed by atoms with Crippen molar-refractivity contribution in [3.05, 3.63) is 31.9 Å². The minimum absolute atomic E-state index is 0.0259. The van der Waals surface area contributed by atoms with Crippen molar-refractivity contribution in [1.29, 1.82) is 5.26 Å². The molecule has 0 radical (unpaired) electrons. The van der Waals surface area contributed by atoms with Gasteiger partial charge in [0.1, 0.15) is 21.8 Å². The zero-order valence-electron chi connectivity index (χ0n) is 19.1. The average molecular weight is 459 g/mol. The second-order valence-electron chi connectivity index (χ2n) is 8.89. The SMILES string of the molecule is CCn1c(N2CC(C)CC(C)C2)c(C=C2SC(=S)N(C(C)C)C2=O)c(C)c(C#N)c1=O. The number of piperidine rings is 1. The van der Waals surface area contributed by atoms with E-state index in [-0.39, 0.29) is 23.1 Å². The minimum atomic E-state index is -0.268. The molecule has 0 aliphatic carbocycles. The number of carbonyl (C=O) groups is 1. The lowest BCUT2D eigenvalue weighted by molar-refractivity contribution is -0.123. The van der Waals surface area contributed by atoms with Crippen LogP contribution < -0.4 is 10.5 Å².